The van der Waals surface area contributed by atoms with E-state index in [0.717, 1.165) is 22.2 Å². The molecule has 4 nitrogen and oxygen atoms in total. The summed E-state index contributed by atoms with van der Waals surface area (Å²) in [6.07, 6.45) is 0. The second-order valence-electron chi connectivity index (χ2n) is 3.43. The number of fused-ring (bicyclic) bond motifs is 1. The number of hydrogen-bond acceptors (Lipinski definition) is 3. The van der Waals surface area contributed by atoms with Crippen LogP contribution in [0.5, 0.6) is 0 Å². The molecule has 0 N–H and O–H groups in total. The summed E-state index contributed by atoms with van der Waals surface area (Å²) < 4.78 is 1.67. The maximum Gasteiger partial charge on any atom is 0.160 e. The highest BCUT2D eigenvalue weighted by atomic mass is 16.1. The van der Waals surface area contributed by atoms with Crippen LogP contribution in [0.15, 0.2) is 12.1 Å². The predicted octanol–water partition coefficient (Wildman–Crippen LogP) is 1.48. The van der Waals surface area contributed by atoms with E-state index in [4.69, 9.17) is 0 Å². The first-order chi connectivity index (χ1) is 6.59. The Morgan fingerprint density at radius 1 is 1.43 bits per heavy atom. The van der Waals surface area contributed by atoms with E-state index in [0.29, 0.717) is 0 Å². The van der Waals surface area contributed by atoms with Crippen molar-refractivity contribution in [2.75, 3.05) is 0 Å². The Bertz CT molecular complexity index is 513. The van der Waals surface area contributed by atoms with Gasteiger partial charge in [0.25, 0.3) is 0 Å². The largest absolute Gasteiger partial charge is 0.294 e. The van der Waals surface area contributed by atoms with Crippen LogP contribution in [0.25, 0.3) is 11.0 Å². The molecule has 0 bridgehead atoms. The van der Waals surface area contributed by atoms with Crippen molar-refractivity contribution in [1.82, 2.24) is 15.0 Å². The Hall–Kier alpha value is -1.71. The molecule has 0 saturated heterocycles. The third kappa shape index (κ3) is 1.19. The lowest BCUT2D eigenvalue weighted by Gasteiger charge is -2.01. The van der Waals surface area contributed by atoms with Crippen LogP contribution in [0, 0.1) is 6.92 Å². The minimum Gasteiger partial charge on any atom is -0.294 e. The van der Waals surface area contributed by atoms with Crippen molar-refractivity contribution in [3.8, 4) is 0 Å². The Kier molecular flexibility index (Phi) is 1.84. The average molecular weight is 189 g/mol. The van der Waals surface area contributed by atoms with E-state index < -0.39 is 0 Å². The normalized spacial score (nSPS) is 10.8. The average Bonchev–Trinajstić information content (AvgIpc) is 2.46. The quantitative estimate of drug-likeness (QED) is 0.638. The zero-order valence-electron chi connectivity index (χ0n) is 8.40. The van der Waals surface area contributed by atoms with Crippen LogP contribution in [-0.2, 0) is 7.05 Å². The van der Waals surface area contributed by atoms with E-state index in [2.05, 4.69) is 10.3 Å². The molecule has 0 aliphatic rings. The van der Waals surface area contributed by atoms with Crippen LogP contribution in [-0.4, -0.2) is 20.8 Å². The number of hydrogen-bond donors (Lipinski definition) is 0. The Morgan fingerprint density at radius 2 is 2.14 bits per heavy atom. The second-order valence-corrected chi connectivity index (χ2v) is 3.43. The summed E-state index contributed by atoms with van der Waals surface area (Å²) in [5.41, 5.74) is 3.41. The topological polar surface area (TPSA) is 47.8 Å². The molecule has 1 aromatic carbocycles. The lowest BCUT2D eigenvalue weighted by atomic mass is 10.0. The van der Waals surface area contributed by atoms with E-state index in [-0.39, 0.29) is 5.78 Å². The third-order valence-electron chi connectivity index (χ3n) is 2.34. The molecule has 72 valence electrons. The number of Topliss-reactive ketones (excluding diaryl/α,β-unsaturated/α-hetero) is 1. The molecule has 4 heteroatoms. The van der Waals surface area contributed by atoms with Crippen LogP contribution in [0.4, 0.5) is 0 Å². The molecule has 0 unspecified atom stereocenters. The standard InChI is InChI=1S/C10H11N3O/c1-6-4-9-10(13(3)12-11-9)5-8(6)7(2)14/h4-5H,1-3H3. The van der Waals surface area contributed by atoms with Gasteiger partial charge in [-0.3, -0.25) is 4.79 Å². The summed E-state index contributed by atoms with van der Waals surface area (Å²) in [6, 6.07) is 3.73. The molecule has 0 aliphatic carbocycles. The Balaban J connectivity index is 2.80. The van der Waals surface area contributed by atoms with Crippen molar-refractivity contribution in [3.05, 3.63) is 23.3 Å². The summed E-state index contributed by atoms with van der Waals surface area (Å²) in [5, 5.41) is 7.87. The van der Waals surface area contributed by atoms with Gasteiger partial charge in [-0.15, -0.1) is 5.10 Å². The molecule has 14 heavy (non-hydrogen) atoms. The van der Waals surface area contributed by atoms with Crippen LogP contribution in [0.2, 0.25) is 0 Å². The maximum absolute atomic E-state index is 11.3. The van der Waals surface area contributed by atoms with Gasteiger partial charge in [-0.05, 0) is 31.5 Å². The van der Waals surface area contributed by atoms with Crippen molar-refractivity contribution in [2.24, 2.45) is 7.05 Å². The summed E-state index contributed by atoms with van der Waals surface area (Å²) in [5.74, 6) is 0.0746. The molecule has 0 saturated carbocycles. The minimum atomic E-state index is 0.0746. The first kappa shape index (κ1) is 8.87. The summed E-state index contributed by atoms with van der Waals surface area (Å²) in [4.78, 5) is 11.3. The number of ketones is 1. The third-order valence-corrected chi connectivity index (χ3v) is 2.34. The number of rotatable bonds is 1. The monoisotopic (exact) mass is 189 g/mol. The first-order valence-corrected chi connectivity index (χ1v) is 4.40. The van der Waals surface area contributed by atoms with Gasteiger partial charge >= 0.3 is 0 Å². The molecule has 0 spiro atoms. The lowest BCUT2D eigenvalue weighted by Crippen LogP contribution is -1.97. The molecule has 0 fully saturated rings. The highest BCUT2D eigenvalue weighted by molar-refractivity contribution is 5.98. The number of carbonyl (C=O) groups excluding carboxylic acids is 1. The predicted molar refractivity (Wildman–Crippen MR) is 53.3 cm³/mol. The van der Waals surface area contributed by atoms with Gasteiger partial charge < -0.3 is 0 Å². The Morgan fingerprint density at radius 3 is 2.79 bits per heavy atom. The Labute approximate surface area is 81.5 Å². The SMILES string of the molecule is CC(=O)c1cc2c(cc1C)nnn2C. The highest BCUT2D eigenvalue weighted by Crippen LogP contribution is 2.17. The van der Waals surface area contributed by atoms with E-state index in [1.165, 1.54) is 0 Å². The molecule has 0 amide bonds. The zero-order chi connectivity index (χ0) is 10.3. The fraction of sp³-hybridized carbons (Fsp3) is 0.300. The molecular weight excluding hydrogens is 178 g/mol. The van der Waals surface area contributed by atoms with Crippen LogP contribution in [0.1, 0.15) is 22.8 Å². The zero-order valence-corrected chi connectivity index (χ0v) is 8.40. The lowest BCUT2D eigenvalue weighted by molar-refractivity contribution is 0.101. The molecule has 2 rings (SSSR count). The molecule has 1 aromatic heterocycles. The van der Waals surface area contributed by atoms with Crippen molar-refractivity contribution < 1.29 is 4.79 Å². The van der Waals surface area contributed by atoms with Gasteiger partial charge in [-0.25, -0.2) is 4.68 Å². The number of aromatic nitrogens is 3. The number of benzene rings is 1. The van der Waals surface area contributed by atoms with Gasteiger partial charge in [0.1, 0.15) is 5.52 Å². The minimum absolute atomic E-state index is 0.0746. The number of carbonyl (C=O) groups is 1. The van der Waals surface area contributed by atoms with Crippen molar-refractivity contribution in [2.45, 2.75) is 13.8 Å². The molecule has 0 atom stereocenters. The molecule has 0 radical (unpaired) electrons. The summed E-state index contributed by atoms with van der Waals surface area (Å²) >= 11 is 0. The molecule has 2 aromatic rings. The molecular formula is C10H11N3O. The molecule has 1 heterocycles. The van der Waals surface area contributed by atoms with E-state index in [9.17, 15) is 4.79 Å². The van der Waals surface area contributed by atoms with Gasteiger partial charge in [0, 0.05) is 12.6 Å². The first-order valence-electron chi connectivity index (χ1n) is 4.40. The smallest absolute Gasteiger partial charge is 0.160 e. The van der Waals surface area contributed by atoms with Crippen LogP contribution >= 0.6 is 0 Å². The van der Waals surface area contributed by atoms with Gasteiger partial charge in [0.05, 0.1) is 5.52 Å². The second kappa shape index (κ2) is 2.90. The fourth-order valence-corrected chi connectivity index (χ4v) is 1.56. The van der Waals surface area contributed by atoms with Gasteiger partial charge in [-0.1, -0.05) is 5.21 Å². The van der Waals surface area contributed by atoms with E-state index in [1.54, 1.807) is 11.6 Å². The highest BCUT2D eigenvalue weighted by Gasteiger charge is 2.08. The molecule has 0 aliphatic heterocycles. The summed E-state index contributed by atoms with van der Waals surface area (Å²) in [6.45, 7) is 3.48. The van der Waals surface area contributed by atoms with E-state index >= 15 is 0 Å². The fourth-order valence-electron chi connectivity index (χ4n) is 1.56. The van der Waals surface area contributed by atoms with Crippen molar-refractivity contribution in [1.29, 1.82) is 0 Å². The van der Waals surface area contributed by atoms with Crippen molar-refractivity contribution in [3.63, 3.8) is 0 Å². The van der Waals surface area contributed by atoms with E-state index in [1.807, 2.05) is 26.1 Å². The van der Waals surface area contributed by atoms with Gasteiger partial charge in [0.15, 0.2) is 5.78 Å². The maximum atomic E-state index is 11.3. The summed E-state index contributed by atoms with van der Waals surface area (Å²) in [7, 11) is 1.81. The van der Waals surface area contributed by atoms with Crippen LogP contribution < -0.4 is 0 Å². The number of nitrogens with zero attached hydrogens (tertiary/aromatic N) is 3. The van der Waals surface area contributed by atoms with Crippen LogP contribution in [0.3, 0.4) is 0 Å². The van der Waals surface area contributed by atoms with Gasteiger partial charge in [-0.2, -0.15) is 0 Å². The van der Waals surface area contributed by atoms with Gasteiger partial charge in [0.2, 0.25) is 0 Å². The number of aryl methyl sites for hydroxylation is 2. The van der Waals surface area contributed by atoms with Crippen molar-refractivity contribution >= 4 is 16.8 Å².